The first-order valence-corrected chi connectivity index (χ1v) is 7.36. The van der Waals surface area contributed by atoms with Crippen LogP contribution in [0.4, 0.5) is 5.82 Å². The van der Waals surface area contributed by atoms with E-state index in [1.807, 2.05) is 36.5 Å². The molecule has 2 heterocycles. The predicted octanol–water partition coefficient (Wildman–Crippen LogP) is 2.70. The number of Topliss-reactive ketones (excluding diaryl/α,β-unsaturated/α-hetero) is 1. The lowest BCUT2D eigenvalue weighted by Crippen LogP contribution is -2.18. The molecule has 0 fully saturated rings. The Bertz CT molecular complexity index is 592. The molecule has 5 heteroatoms. The summed E-state index contributed by atoms with van der Waals surface area (Å²) in [6, 6.07) is 5.97. The number of pyridine rings is 1. The van der Waals surface area contributed by atoms with Crippen LogP contribution in [0, 0.1) is 0 Å². The summed E-state index contributed by atoms with van der Waals surface area (Å²) in [7, 11) is 3.98. The number of nitrogens with zero attached hydrogens (tertiary/aromatic N) is 2. The third-order valence-corrected chi connectivity index (χ3v) is 4.02. The fraction of sp³-hybridized carbons (Fsp3) is 0.333. The van der Waals surface area contributed by atoms with E-state index in [2.05, 4.69) is 16.4 Å². The molecular weight excluding hydrogens is 270 g/mol. The molecule has 0 bridgehead atoms. The molecule has 0 spiro atoms. The first kappa shape index (κ1) is 14.7. The van der Waals surface area contributed by atoms with Crippen LogP contribution >= 0.6 is 11.3 Å². The summed E-state index contributed by atoms with van der Waals surface area (Å²) in [6.45, 7) is 3.11. The molecular formula is C15H19N3OS. The summed E-state index contributed by atoms with van der Waals surface area (Å²) in [6.07, 6.45) is 1.80. The third-order valence-electron chi connectivity index (χ3n) is 2.94. The van der Waals surface area contributed by atoms with Crippen LogP contribution in [-0.4, -0.2) is 24.9 Å². The van der Waals surface area contributed by atoms with Gasteiger partial charge in [0.1, 0.15) is 5.82 Å². The fourth-order valence-corrected chi connectivity index (χ4v) is 2.78. The maximum absolute atomic E-state index is 11.2. The Balaban J connectivity index is 1.94. The smallest absolute Gasteiger partial charge is 0.169 e. The van der Waals surface area contributed by atoms with E-state index in [0.29, 0.717) is 0 Å². The minimum atomic E-state index is 0.128. The van der Waals surface area contributed by atoms with Crippen LogP contribution in [0.25, 0.3) is 0 Å². The molecule has 0 amide bonds. The van der Waals surface area contributed by atoms with E-state index < -0.39 is 0 Å². The number of carbonyl (C=O) groups is 1. The van der Waals surface area contributed by atoms with Gasteiger partial charge < -0.3 is 10.2 Å². The number of ketones is 1. The zero-order valence-electron chi connectivity index (χ0n) is 12.0. The molecule has 0 radical (unpaired) electrons. The van der Waals surface area contributed by atoms with E-state index in [4.69, 9.17) is 0 Å². The van der Waals surface area contributed by atoms with Crippen LogP contribution in [0.1, 0.15) is 27.7 Å². The topological polar surface area (TPSA) is 45.2 Å². The van der Waals surface area contributed by atoms with E-state index in [1.165, 1.54) is 16.9 Å². The molecule has 2 aromatic rings. The average molecular weight is 289 g/mol. The van der Waals surface area contributed by atoms with Crippen molar-refractivity contribution in [3.05, 3.63) is 45.8 Å². The van der Waals surface area contributed by atoms with Crippen molar-refractivity contribution < 1.29 is 4.79 Å². The number of aromatic nitrogens is 1. The van der Waals surface area contributed by atoms with E-state index in [9.17, 15) is 4.79 Å². The van der Waals surface area contributed by atoms with Gasteiger partial charge in [-0.15, -0.1) is 11.3 Å². The van der Waals surface area contributed by atoms with Gasteiger partial charge in [-0.25, -0.2) is 4.98 Å². The highest BCUT2D eigenvalue weighted by Crippen LogP contribution is 2.16. The summed E-state index contributed by atoms with van der Waals surface area (Å²) in [5.41, 5.74) is 2.31. The fourth-order valence-electron chi connectivity index (χ4n) is 1.97. The second-order valence-corrected chi connectivity index (χ2v) is 5.77. The zero-order valence-corrected chi connectivity index (χ0v) is 12.8. The Hall–Kier alpha value is -1.72. The second kappa shape index (κ2) is 6.63. The summed E-state index contributed by atoms with van der Waals surface area (Å²) in [5, 5.41) is 5.42. The van der Waals surface area contributed by atoms with Crippen LogP contribution in [0.5, 0.6) is 0 Å². The molecule has 0 aliphatic rings. The van der Waals surface area contributed by atoms with Crippen molar-refractivity contribution in [2.24, 2.45) is 0 Å². The molecule has 0 unspecified atom stereocenters. The summed E-state index contributed by atoms with van der Waals surface area (Å²) >= 11 is 1.50. The summed E-state index contributed by atoms with van der Waals surface area (Å²) < 4.78 is 0. The first-order valence-electron chi connectivity index (χ1n) is 6.48. The van der Waals surface area contributed by atoms with Crippen LogP contribution in [0.2, 0.25) is 0 Å². The maximum Gasteiger partial charge on any atom is 0.169 e. The number of hydrogen-bond acceptors (Lipinski definition) is 5. The zero-order chi connectivity index (χ0) is 14.5. The average Bonchev–Trinajstić information content (AvgIpc) is 2.88. The van der Waals surface area contributed by atoms with Gasteiger partial charge in [0.2, 0.25) is 0 Å². The highest BCUT2D eigenvalue weighted by atomic mass is 32.1. The molecule has 2 rings (SSSR count). The van der Waals surface area contributed by atoms with Gasteiger partial charge in [0, 0.05) is 38.9 Å². The molecule has 0 aliphatic heterocycles. The van der Waals surface area contributed by atoms with Crippen molar-refractivity contribution in [2.75, 3.05) is 19.0 Å². The van der Waals surface area contributed by atoms with E-state index in [1.54, 1.807) is 13.1 Å². The Labute approximate surface area is 123 Å². The lowest BCUT2D eigenvalue weighted by molar-refractivity contribution is 0.102. The van der Waals surface area contributed by atoms with Gasteiger partial charge in [-0.3, -0.25) is 4.79 Å². The van der Waals surface area contributed by atoms with Gasteiger partial charge in [0.15, 0.2) is 5.78 Å². The molecule has 0 aliphatic carbocycles. The van der Waals surface area contributed by atoms with Crippen LogP contribution in [0.15, 0.2) is 29.8 Å². The van der Waals surface area contributed by atoms with E-state index in [-0.39, 0.29) is 5.78 Å². The molecule has 0 saturated heterocycles. The molecule has 0 aromatic carbocycles. The second-order valence-electron chi connectivity index (χ2n) is 4.86. The van der Waals surface area contributed by atoms with Crippen LogP contribution < -0.4 is 10.2 Å². The van der Waals surface area contributed by atoms with Crippen molar-refractivity contribution in [1.82, 2.24) is 10.3 Å². The molecule has 0 atom stereocenters. The lowest BCUT2D eigenvalue weighted by Gasteiger charge is -2.15. The molecule has 20 heavy (non-hydrogen) atoms. The SMILES string of the molecule is CC(=O)c1cc(CNCc2cccnc2N(C)C)cs1. The number of anilines is 1. The molecule has 106 valence electrons. The standard InChI is InChI=1S/C15H19N3OS/c1-11(19)14-7-12(10-20-14)8-16-9-13-5-4-6-17-15(13)18(2)3/h4-7,10,16H,8-9H2,1-3H3. The molecule has 0 saturated carbocycles. The summed E-state index contributed by atoms with van der Waals surface area (Å²) in [5.74, 6) is 1.11. The van der Waals surface area contributed by atoms with Crippen molar-refractivity contribution in [2.45, 2.75) is 20.0 Å². The number of carbonyl (C=O) groups excluding carboxylic acids is 1. The Morgan fingerprint density at radius 3 is 2.85 bits per heavy atom. The van der Waals surface area contributed by atoms with Crippen molar-refractivity contribution in [1.29, 1.82) is 0 Å². The number of thiophene rings is 1. The molecule has 2 aromatic heterocycles. The number of hydrogen-bond donors (Lipinski definition) is 1. The Morgan fingerprint density at radius 2 is 2.20 bits per heavy atom. The third kappa shape index (κ3) is 3.65. The normalized spacial score (nSPS) is 10.6. The van der Waals surface area contributed by atoms with Crippen molar-refractivity contribution in [3.63, 3.8) is 0 Å². The van der Waals surface area contributed by atoms with E-state index in [0.717, 1.165) is 29.3 Å². The van der Waals surface area contributed by atoms with Gasteiger partial charge in [-0.1, -0.05) is 6.07 Å². The minimum absolute atomic E-state index is 0.128. The minimum Gasteiger partial charge on any atom is -0.362 e. The Kier molecular flexibility index (Phi) is 4.87. The van der Waals surface area contributed by atoms with Crippen LogP contribution in [-0.2, 0) is 13.1 Å². The largest absolute Gasteiger partial charge is 0.362 e. The molecule has 4 nitrogen and oxygen atoms in total. The van der Waals surface area contributed by atoms with Gasteiger partial charge >= 0.3 is 0 Å². The quantitative estimate of drug-likeness (QED) is 0.831. The Morgan fingerprint density at radius 1 is 1.40 bits per heavy atom. The van der Waals surface area contributed by atoms with Gasteiger partial charge in [-0.05, 0) is 30.0 Å². The summed E-state index contributed by atoms with van der Waals surface area (Å²) in [4.78, 5) is 18.5. The molecule has 1 N–H and O–H groups in total. The maximum atomic E-state index is 11.2. The number of nitrogens with one attached hydrogen (secondary N) is 1. The van der Waals surface area contributed by atoms with Crippen molar-refractivity contribution in [3.8, 4) is 0 Å². The number of rotatable bonds is 6. The lowest BCUT2D eigenvalue weighted by atomic mass is 10.2. The van der Waals surface area contributed by atoms with Gasteiger partial charge in [0.05, 0.1) is 4.88 Å². The van der Waals surface area contributed by atoms with Gasteiger partial charge in [0.25, 0.3) is 0 Å². The van der Waals surface area contributed by atoms with Crippen molar-refractivity contribution >= 4 is 22.9 Å². The predicted molar refractivity (Wildman–Crippen MR) is 83.4 cm³/mol. The van der Waals surface area contributed by atoms with Crippen LogP contribution in [0.3, 0.4) is 0 Å². The highest BCUT2D eigenvalue weighted by molar-refractivity contribution is 7.12. The highest BCUT2D eigenvalue weighted by Gasteiger charge is 2.06. The van der Waals surface area contributed by atoms with E-state index >= 15 is 0 Å². The van der Waals surface area contributed by atoms with Gasteiger partial charge in [-0.2, -0.15) is 0 Å². The monoisotopic (exact) mass is 289 g/mol. The first-order chi connectivity index (χ1) is 9.58.